The van der Waals surface area contributed by atoms with E-state index in [1.165, 1.54) is 0 Å². The van der Waals surface area contributed by atoms with Crippen molar-refractivity contribution in [2.24, 2.45) is 0 Å². The van der Waals surface area contributed by atoms with Crippen LogP contribution in [0.3, 0.4) is 0 Å². The predicted molar refractivity (Wildman–Crippen MR) is 64.4 cm³/mol. The second-order valence-corrected chi connectivity index (χ2v) is 6.59. The highest BCUT2D eigenvalue weighted by atomic mass is 31.2. The van der Waals surface area contributed by atoms with Gasteiger partial charge in [-0.2, -0.15) is 8.78 Å². The summed E-state index contributed by atoms with van der Waals surface area (Å²) in [5, 5.41) is 0. The van der Waals surface area contributed by atoms with Crippen LogP contribution in [0.15, 0.2) is 6.20 Å². The highest BCUT2D eigenvalue weighted by Gasteiger charge is 2.53. The summed E-state index contributed by atoms with van der Waals surface area (Å²) in [4.78, 5) is 21.4. The summed E-state index contributed by atoms with van der Waals surface area (Å²) in [5.74, 6) is -0.943. The minimum Gasteiger partial charge on any atom is -0.461 e. The number of pyridine rings is 1. The molecule has 1 aromatic rings. The first kappa shape index (κ1) is 15.3. The molecule has 0 fully saturated rings. The van der Waals surface area contributed by atoms with Crippen LogP contribution in [-0.4, -0.2) is 20.6 Å². The van der Waals surface area contributed by atoms with Gasteiger partial charge in [-0.1, -0.05) is 0 Å². The Morgan fingerprint density at radius 3 is 2.60 bits per heavy atom. The maximum atomic E-state index is 13.9. The van der Waals surface area contributed by atoms with E-state index in [2.05, 4.69) is 4.98 Å². The van der Waals surface area contributed by atoms with Crippen molar-refractivity contribution in [3.63, 3.8) is 0 Å². The molecule has 2 N–H and O–H groups in total. The van der Waals surface area contributed by atoms with Crippen LogP contribution in [0, 0.1) is 6.92 Å². The Balaban J connectivity index is 2.63. The Hall–Kier alpha value is -1.08. The highest BCUT2D eigenvalue weighted by Crippen LogP contribution is 2.60. The molecule has 0 saturated carbocycles. The molecule has 1 aliphatic heterocycles. The number of nitrogens with zero attached hydrogens (tertiary/aromatic N) is 1. The first-order valence-corrected chi connectivity index (χ1v) is 7.32. The van der Waals surface area contributed by atoms with Crippen molar-refractivity contribution in [1.82, 2.24) is 4.98 Å². The maximum Gasteiger partial charge on any atom is 0.399 e. The number of aryl methyl sites for hydroxylation is 1. The second-order valence-electron chi connectivity index (χ2n) is 4.94. The number of aromatic nitrogens is 1. The summed E-state index contributed by atoms with van der Waals surface area (Å²) in [6, 6.07) is 0. The van der Waals surface area contributed by atoms with Crippen LogP contribution < -0.4 is 4.74 Å². The largest absolute Gasteiger partial charge is 0.461 e. The van der Waals surface area contributed by atoms with Gasteiger partial charge < -0.3 is 19.3 Å². The summed E-state index contributed by atoms with van der Waals surface area (Å²) < 4.78 is 49.4. The molecule has 0 saturated heterocycles. The second kappa shape index (κ2) is 4.46. The van der Waals surface area contributed by atoms with E-state index in [0.29, 0.717) is 5.69 Å². The standard InChI is InChI=1S/C11H14F2NO5P/c1-6-9-7(5-18-10(2,3)19-9)8(4-14-6)11(12,13)20(15,16)17/h4H,5H2,1-3H3,(H2,15,16,17). The first-order chi connectivity index (χ1) is 8.96. The third-order valence-electron chi connectivity index (χ3n) is 2.92. The molecule has 0 aromatic carbocycles. The van der Waals surface area contributed by atoms with E-state index in [9.17, 15) is 13.3 Å². The Morgan fingerprint density at radius 2 is 2.05 bits per heavy atom. The van der Waals surface area contributed by atoms with Crippen LogP contribution in [0.2, 0.25) is 0 Å². The number of hydrogen-bond donors (Lipinski definition) is 2. The lowest BCUT2D eigenvalue weighted by molar-refractivity contribution is -0.181. The molecule has 112 valence electrons. The molecule has 6 nitrogen and oxygen atoms in total. The minimum absolute atomic E-state index is 0.0758. The van der Waals surface area contributed by atoms with Crippen molar-refractivity contribution in [2.75, 3.05) is 0 Å². The van der Waals surface area contributed by atoms with Crippen LogP contribution >= 0.6 is 7.60 Å². The number of hydrogen-bond acceptors (Lipinski definition) is 4. The topological polar surface area (TPSA) is 88.9 Å². The van der Waals surface area contributed by atoms with Gasteiger partial charge in [-0.05, 0) is 6.92 Å². The van der Waals surface area contributed by atoms with Crippen LogP contribution in [0.25, 0.3) is 0 Å². The summed E-state index contributed by atoms with van der Waals surface area (Å²) in [6.45, 7) is 4.52. The third kappa shape index (κ3) is 2.44. The number of alkyl halides is 2. The normalized spacial score (nSPS) is 18.4. The van der Waals surface area contributed by atoms with Crippen molar-refractivity contribution in [3.8, 4) is 5.75 Å². The molecule has 2 heterocycles. The van der Waals surface area contributed by atoms with E-state index in [1.807, 2.05) is 0 Å². The molecule has 0 spiro atoms. The van der Waals surface area contributed by atoms with Crippen LogP contribution in [0.5, 0.6) is 5.75 Å². The van der Waals surface area contributed by atoms with Gasteiger partial charge in [-0.15, -0.1) is 0 Å². The van der Waals surface area contributed by atoms with Crippen molar-refractivity contribution in [3.05, 3.63) is 23.0 Å². The van der Waals surface area contributed by atoms with E-state index >= 15 is 0 Å². The summed E-state index contributed by atoms with van der Waals surface area (Å²) >= 11 is 0. The molecule has 1 aliphatic rings. The molecule has 0 radical (unpaired) electrons. The Bertz CT molecular complexity index is 599. The molecule has 0 aliphatic carbocycles. The average Bonchev–Trinajstić information content (AvgIpc) is 2.27. The van der Waals surface area contributed by atoms with Gasteiger partial charge in [0.1, 0.15) is 5.75 Å². The van der Waals surface area contributed by atoms with Crippen molar-refractivity contribution < 1.29 is 32.6 Å². The summed E-state index contributed by atoms with van der Waals surface area (Å²) in [6.07, 6.45) is 0.748. The van der Waals surface area contributed by atoms with Crippen molar-refractivity contribution >= 4 is 7.60 Å². The minimum atomic E-state index is -5.67. The highest BCUT2D eigenvalue weighted by molar-refractivity contribution is 7.52. The van der Waals surface area contributed by atoms with Gasteiger partial charge in [0.2, 0.25) is 5.79 Å². The third-order valence-corrected chi connectivity index (χ3v) is 3.89. The maximum absolute atomic E-state index is 13.9. The lowest BCUT2D eigenvalue weighted by Crippen LogP contribution is -2.37. The van der Waals surface area contributed by atoms with Gasteiger partial charge in [0.25, 0.3) is 0 Å². The number of halogens is 2. The number of rotatable bonds is 2. The molecule has 9 heteroatoms. The molecule has 0 atom stereocenters. The van der Waals surface area contributed by atoms with Gasteiger partial charge in [0.15, 0.2) is 0 Å². The monoisotopic (exact) mass is 309 g/mol. The molecule has 20 heavy (non-hydrogen) atoms. The zero-order valence-electron chi connectivity index (χ0n) is 11.1. The van der Waals surface area contributed by atoms with Crippen LogP contribution in [0.1, 0.15) is 30.7 Å². The van der Waals surface area contributed by atoms with E-state index in [-0.39, 0.29) is 17.9 Å². The van der Waals surface area contributed by atoms with E-state index in [4.69, 9.17) is 19.3 Å². The van der Waals surface area contributed by atoms with Crippen molar-refractivity contribution in [2.45, 2.75) is 38.8 Å². The quantitative estimate of drug-likeness (QED) is 0.815. The van der Waals surface area contributed by atoms with Gasteiger partial charge >= 0.3 is 13.3 Å². The van der Waals surface area contributed by atoms with E-state index in [1.54, 1.807) is 20.8 Å². The fraction of sp³-hybridized carbons (Fsp3) is 0.545. The molecular weight excluding hydrogens is 295 g/mol. The van der Waals surface area contributed by atoms with Crippen LogP contribution in [-0.2, 0) is 21.6 Å². The SMILES string of the molecule is Cc1ncc(C(F)(F)P(=O)(O)O)c2c1OC(C)(C)OC2. The molecule has 1 aromatic heterocycles. The van der Waals surface area contributed by atoms with E-state index < -0.39 is 24.6 Å². The molecule has 0 amide bonds. The predicted octanol–water partition coefficient (Wildman–Crippen LogP) is 2.26. The van der Waals surface area contributed by atoms with E-state index in [0.717, 1.165) is 6.20 Å². The van der Waals surface area contributed by atoms with Gasteiger partial charge in [-0.3, -0.25) is 9.55 Å². The fourth-order valence-electron chi connectivity index (χ4n) is 1.85. The van der Waals surface area contributed by atoms with Crippen molar-refractivity contribution in [1.29, 1.82) is 0 Å². The first-order valence-electron chi connectivity index (χ1n) is 5.71. The molecule has 0 unspecified atom stereocenters. The van der Waals surface area contributed by atoms with Gasteiger partial charge in [0, 0.05) is 25.6 Å². The average molecular weight is 309 g/mol. The van der Waals surface area contributed by atoms with Gasteiger partial charge in [-0.25, -0.2) is 0 Å². The smallest absolute Gasteiger partial charge is 0.399 e. The van der Waals surface area contributed by atoms with Gasteiger partial charge in [0.05, 0.1) is 17.9 Å². The zero-order chi connectivity index (χ0) is 15.3. The molecule has 0 bridgehead atoms. The number of fused-ring (bicyclic) bond motifs is 1. The lowest BCUT2D eigenvalue weighted by Gasteiger charge is -2.35. The zero-order valence-corrected chi connectivity index (χ0v) is 11.9. The summed E-state index contributed by atoms with van der Waals surface area (Å²) in [5.41, 5.74) is -4.96. The Morgan fingerprint density at radius 1 is 1.45 bits per heavy atom. The number of ether oxygens (including phenoxy) is 2. The Labute approximate surface area is 113 Å². The fourth-order valence-corrected chi connectivity index (χ4v) is 2.36. The summed E-state index contributed by atoms with van der Waals surface area (Å²) in [7, 11) is -5.67. The molecule has 2 rings (SSSR count). The van der Waals surface area contributed by atoms with Crippen LogP contribution in [0.4, 0.5) is 8.78 Å². The Kier molecular flexibility index (Phi) is 3.41. The molecular formula is C11H14F2NO5P. The lowest BCUT2D eigenvalue weighted by atomic mass is 10.1.